The first-order valence-corrected chi connectivity index (χ1v) is 10.4. The van der Waals surface area contributed by atoms with Gasteiger partial charge in [-0.3, -0.25) is 14.5 Å². The third kappa shape index (κ3) is 3.55. The lowest BCUT2D eigenvalue weighted by Gasteiger charge is -2.23. The predicted molar refractivity (Wildman–Crippen MR) is 114 cm³/mol. The van der Waals surface area contributed by atoms with Crippen LogP contribution in [-0.4, -0.2) is 29.3 Å². The molecule has 2 aromatic carbocycles. The van der Waals surface area contributed by atoms with Crippen LogP contribution in [0.4, 0.5) is 10.5 Å². The maximum atomic E-state index is 13.1. The van der Waals surface area contributed by atoms with Crippen LogP contribution < -0.4 is 10.6 Å². The van der Waals surface area contributed by atoms with E-state index >= 15 is 0 Å². The fourth-order valence-electron chi connectivity index (χ4n) is 3.99. The van der Waals surface area contributed by atoms with Gasteiger partial charge in [0.15, 0.2) is 0 Å². The number of hydrogen-bond donors (Lipinski definition) is 2. The summed E-state index contributed by atoms with van der Waals surface area (Å²) in [4.78, 5) is 39.0. The molecule has 1 unspecified atom stereocenters. The molecule has 1 aliphatic carbocycles. The van der Waals surface area contributed by atoms with Crippen molar-refractivity contribution in [3.05, 3.63) is 63.1 Å². The molecule has 0 saturated carbocycles. The van der Waals surface area contributed by atoms with Crippen LogP contribution in [0.5, 0.6) is 0 Å². The summed E-state index contributed by atoms with van der Waals surface area (Å²) in [7, 11) is 0. The van der Waals surface area contributed by atoms with E-state index in [4.69, 9.17) is 0 Å². The Kier molecular flexibility index (Phi) is 4.94. The second kappa shape index (κ2) is 7.30. The number of rotatable bonds is 4. The van der Waals surface area contributed by atoms with Gasteiger partial charge in [0.25, 0.3) is 5.91 Å². The number of carbonyl (C=O) groups excluding carboxylic acids is 3. The zero-order valence-electron chi connectivity index (χ0n) is 16.3. The van der Waals surface area contributed by atoms with E-state index in [1.54, 1.807) is 13.0 Å². The highest BCUT2D eigenvalue weighted by atomic mass is 79.9. The van der Waals surface area contributed by atoms with Crippen molar-refractivity contribution in [1.29, 1.82) is 0 Å². The Morgan fingerprint density at radius 3 is 2.69 bits per heavy atom. The van der Waals surface area contributed by atoms with Gasteiger partial charge in [-0.25, -0.2) is 4.79 Å². The van der Waals surface area contributed by atoms with Gasteiger partial charge in [-0.2, -0.15) is 0 Å². The van der Waals surface area contributed by atoms with E-state index in [0.29, 0.717) is 5.69 Å². The Bertz CT molecular complexity index is 1040. The van der Waals surface area contributed by atoms with Crippen LogP contribution in [0.3, 0.4) is 0 Å². The monoisotopic (exact) mass is 455 g/mol. The van der Waals surface area contributed by atoms with Gasteiger partial charge in [-0.1, -0.05) is 34.1 Å². The Balaban J connectivity index is 1.50. The first kappa shape index (κ1) is 19.6. The molecule has 1 heterocycles. The summed E-state index contributed by atoms with van der Waals surface area (Å²) < 4.78 is 0.940. The number of carbonyl (C=O) groups is 3. The summed E-state index contributed by atoms with van der Waals surface area (Å²) in [6.07, 6.45) is 3.15. The Labute approximate surface area is 177 Å². The van der Waals surface area contributed by atoms with Gasteiger partial charge in [-0.15, -0.1) is 0 Å². The molecule has 0 aromatic heterocycles. The number of benzene rings is 2. The largest absolute Gasteiger partial charge is 0.325 e. The normalized spacial score (nSPS) is 20.6. The number of amides is 4. The van der Waals surface area contributed by atoms with Crippen molar-refractivity contribution < 1.29 is 14.4 Å². The van der Waals surface area contributed by atoms with Crippen molar-refractivity contribution in [2.24, 2.45) is 0 Å². The smallest absolute Gasteiger partial charge is 0.325 e. The molecule has 0 bridgehead atoms. The minimum Gasteiger partial charge on any atom is -0.325 e. The third-order valence-corrected chi connectivity index (χ3v) is 6.58. The maximum absolute atomic E-state index is 13.1. The summed E-state index contributed by atoms with van der Waals surface area (Å²) in [5.41, 5.74) is 3.71. The van der Waals surface area contributed by atoms with Crippen LogP contribution in [0.1, 0.15) is 35.6 Å². The molecule has 29 heavy (non-hydrogen) atoms. The number of nitrogens with zero attached hydrogens (tertiary/aromatic N) is 1. The van der Waals surface area contributed by atoms with Crippen molar-refractivity contribution in [1.82, 2.24) is 10.2 Å². The summed E-state index contributed by atoms with van der Waals surface area (Å²) >= 11 is 3.42. The molecule has 1 fully saturated rings. The highest BCUT2D eigenvalue weighted by Gasteiger charge is 2.49. The molecule has 2 aromatic rings. The van der Waals surface area contributed by atoms with Gasteiger partial charge in [-0.05, 0) is 73.6 Å². The zero-order valence-corrected chi connectivity index (χ0v) is 17.9. The third-order valence-electron chi connectivity index (χ3n) is 5.69. The minimum atomic E-state index is -1.16. The van der Waals surface area contributed by atoms with Gasteiger partial charge in [0.05, 0.1) is 0 Å². The number of nitrogens with one attached hydrogen (secondary N) is 2. The van der Waals surface area contributed by atoms with Crippen molar-refractivity contribution >= 4 is 39.5 Å². The number of hydrogen-bond acceptors (Lipinski definition) is 3. The zero-order chi connectivity index (χ0) is 20.8. The topological polar surface area (TPSA) is 78.5 Å². The van der Waals surface area contributed by atoms with Crippen LogP contribution in [0, 0.1) is 6.92 Å². The van der Waals surface area contributed by atoms with Crippen LogP contribution in [0.15, 0.2) is 40.9 Å². The molecule has 4 amide bonds. The highest BCUT2D eigenvalue weighted by molar-refractivity contribution is 9.10. The molecule has 2 N–H and O–H groups in total. The minimum absolute atomic E-state index is 0.333. The van der Waals surface area contributed by atoms with Crippen molar-refractivity contribution in [3.8, 4) is 0 Å². The van der Waals surface area contributed by atoms with Gasteiger partial charge in [0, 0.05) is 10.2 Å². The lowest BCUT2D eigenvalue weighted by atomic mass is 9.89. The molecule has 1 aliphatic heterocycles. The van der Waals surface area contributed by atoms with E-state index in [1.807, 2.05) is 37.3 Å². The standard InChI is InChI=1S/C22H22BrN3O3/c1-13-10-17(8-9-18(13)23)24-19(27)12-26-20(28)22(2,25-21(26)29)16-7-6-14-4-3-5-15(14)11-16/h6-11H,3-5,12H2,1-2H3,(H,24,27)(H,25,29). The fraction of sp³-hybridized carbons (Fsp3) is 0.318. The molecule has 6 nitrogen and oxygen atoms in total. The van der Waals surface area contributed by atoms with E-state index in [9.17, 15) is 14.4 Å². The quantitative estimate of drug-likeness (QED) is 0.690. The fourth-order valence-corrected chi connectivity index (χ4v) is 4.23. The molecular weight excluding hydrogens is 434 g/mol. The molecule has 1 saturated heterocycles. The molecule has 2 aliphatic rings. The second-order valence-corrected chi connectivity index (χ2v) is 8.65. The first-order chi connectivity index (χ1) is 13.8. The molecule has 150 valence electrons. The van der Waals surface area contributed by atoms with Crippen LogP contribution in [0.2, 0.25) is 0 Å². The van der Waals surface area contributed by atoms with Crippen molar-refractivity contribution in [3.63, 3.8) is 0 Å². The lowest BCUT2D eigenvalue weighted by Crippen LogP contribution is -2.42. The number of halogens is 1. The van der Waals surface area contributed by atoms with Crippen molar-refractivity contribution in [2.75, 3.05) is 11.9 Å². The molecule has 1 atom stereocenters. The van der Waals surface area contributed by atoms with E-state index in [0.717, 1.165) is 39.8 Å². The summed E-state index contributed by atoms with van der Waals surface area (Å²) in [6, 6.07) is 10.8. The highest BCUT2D eigenvalue weighted by Crippen LogP contribution is 2.32. The van der Waals surface area contributed by atoms with E-state index < -0.39 is 23.4 Å². The average molecular weight is 456 g/mol. The molecule has 7 heteroatoms. The summed E-state index contributed by atoms with van der Waals surface area (Å²) in [6.45, 7) is 3.28. The van der Waals surface area contributed by atoms with Gasteiger partial charge in [0.2, 0.25) is 5.91 Å². The molecule has 4 rings (SSSR count). The number of imide groups is 1. The van der Waals surface area contributed by atoms with Gasteiger partial charge >= 0.3 is 6.03 Å². The number of aryl methyl sites for hydroxylation is 3. The number of anilines is 1. The molecule has 0 spiro atoms. The Hall–Kier alpha value is -2.67. The lowest BCUT2D eigenvalue weighted by molar-refractivity contribution is -0.133. The van der Waals surface area contributed by atoms with Crippen molar-refractivity contribution in [2.45, 2.75) is 38.6 Å². The Morgan fingerprint density at radius 1 is 1.17 bits per heavy atom. The number of urea groups is 1. The molecular formula is C22H22BrN3O3. The number of fused-ring (bicyclic) bond motifs is 1. The van der Waals surface area contributed by atoms with E-state index in [1.165, 1.54) is 11.1 Å². The van der Waals surface area contributed by atoms with Crippen LogP contribution >= 0.6 is 15.9 Å². The summed E-state index contributed by atoms with van der Waals surface area (Å²) in [5.74, 6) is -0.837. The maximum Gasteiger partial charge on any atom is 0.325 e. The first-order valence-electron chi connectivity index (χ1n) is 9.60. The average Bonchev–Trinajstić information content (AvgIpc) is 3.23. The van der Waals surface area contributed by atoms with E-state index in [2.05, 4.69) is 26.6 Å². The second-order valence-electron chi connectivity index (χ2n) is 7.80. The van der Waals surface area contributed by atoms with Gasteiger partial charge < -0.3 is 10.6 Å². The summed E-state index contributed by atoms with van der Waals surface area (Å²) in [5, 5.41) is 5.52. The van der Waals surface area contributed by atoms with Crippen LogP contribution in [-0.2, 0) is 28.0 Å². The van der Waals surface area contributed by atoms with Crippen LogP contribution in [0.25, 0.3) is 0 Å². The SMILES string of the molecule is Cc1cc(NC(=O)CN2C(=O)NC(C)(c3ccc4c(c3)CCC4)C2=O)ccc1Br. The van der Waals surface area contributed by atoms with Gasteiger partial charge in [0.1, 0.15) is 12.1 Å². The Morgan fingerprint density at radius 2 is 1.93 bits per heavy atom. The molecule has 0 radical (unpaired) electrons. The predicted octanol–water partition coefficient (Wildman–Crippen LogP) is 3.65. The van der Waals surface area contributed by atoms with E-state index in [-0.39, 0.29) is 6.54 Å².